The highest BCUT2D eigenvalue weighted by Crippen LogP contribution is 2.18. The number of carbonyl (C=O) groups is 1. The van der Waals surface area contributed by atoms with E-state index in [0.717, 1.165) is 10.6 Å². The fourth-order valence-corrected chi connectivity index (χ4v) is 1.90. The van der Waals surface area contributed by atoms with Crippen molar-refractivity contribution < 1.29 is 9.53 Å². The van der Waals surface area contributed by atoms with Crippen molar-refractivity contribution >= 4 is 22.9 Å². The second-order valence-corrected chi connectivity index (χ2v) is 4.58. The summed E-state index contributed by atoms with van der Waals surface area (Å²) in [6.45, 7) is 0.599. The molecular weight excluding hydrogens is 250 g/mol. The minimum absolute atomic E-state index is 0.113. The number of hydrogen-bond acceptors (Lipinski definition) is 5. The Hall–Kier alpha value is -2.08. The summed E-state index contributed by atoms with van der Waals surface area (Å²) in [6.07, 6.45) is 1.82. The third kappa shape index (κ3) is 3.74. The number of rotatable bonds is 6. The normalized spacial score (nSPS) is 10.0. The summed E-state index contributed by atoms with van der Waals surface area (Å²) in [5.74, 6) is 0.126. The summed E-state index contributed by atoms with van der Waals surface area (Å²) < 4.78 is 5.22. The first-order valence-corrected chi connectivity index (χ1v) is 6.24. The van der Waals surface area contributed by atoms with E-state index in [2.05, 4.69) is 10.3 Å². The summed E-state index contributed by atoms with van der Waals surface area (Å²) in [5, 5.41) is 3.25. The molecule has 2 aromatic rings. The third-order valence-corrected chi connectivity index (χ3v) is 2.94. The average Bonchev–Trinajstić information content (AvgIpc) is 2.87. The van der Waals surface area contributed by atoms with E-state index < -0.39 is 5.91 Å². The third-order valence-electron chi connectivity index (χ3n) is 2.17. The summed E-state index contributed by atoms with van der Waals surface area (Å²) in [7, 11) is 0. The molecule has 0 radical (unpaired) electrons. The molecule has 0 aliphatic rings. The smallest absolute Gasteiger partial charge is 0.255 e. The Bertz CT molecular complexity index is 514. The lowest BCUT2D eigenvalue weighted by Crippen LogP contribution is -2.20. The van der Waals surface area contributed by atoms with Crippen LogP contribution in [0.25, 0.3) is 0 Å². The number of primary amides is 1. The number of nitrogens with zero attached hydrogens (tertiary/aromatic N) is 1. The Morgan fingerprint density at radius 1 is 1.50 bits per heavy atom. The highest BCUT2D eigenvalue weighted by molar-refractivity contribution is 7.09. The summed E-state index contributed by atoms with van der Waals surface area (Å²) >= 11 is 1.59. The molecule has 0 bridgehead atoms. The Kier molecular flexibility index (Phi) is 4.14. The standard InChI is InChI=1S/C12H13N3O2S/c13-12(16)7-17-10-3-1-2-9(4-10)15-6-11-5-14-8-18-11/h1-5,8,15H,6-7H2,(H2,13,16). The second-order valence-electron chi connectivity index (χ2n) is 3.60. The lowest BCUT2D eigenvalue weighted by molar-refractivity contribution is -0.119. The van der Waals surface area contributed by atoms with Gasteiger partial charge in [-0.15, -0.1) is 11.3 Å². The van der Waals surface area contributed by atoms with Crippen molar-refractivity contribution in [1.82, 2.24) is 4.98 Å². The highest BCUT2D eigenvalue weighted by atomic mass is 32.1. The summed E-state index contributed by atoms with van der Waals surface area (Å²) in [6, 6.07) is 7.38. The van der Waals surface area contributed by atoms with Gasteiger partial charge < -0.3 is 15.8 Å². The second kappa shape index (κ2) is 6.02. The maximum atomic E-state index is 10.6. The van der Waals surface area contributed by atoms with Gasteiger partial charge in [0.05, 0.1) is 12.1 Å². The molecule has 0 aliphatic carbocycles. The van der Waals surface area contributed by atoms with E-state index in [0.29, 0.717) is 12.3 Å². The van der Waals surface area contributed by atoms with Gasteiger partial charge in [-0.3, -0.25) is 9.78 Å². The predicted octanol–water partition coefficient (Wildman–Crippen LogP) is 1.62. The quantitative estimate of drug-likeness (QED) is 0.830. The van der Waals surface area contributed by atoms with Gasteiger partial charge in [0.25, 0.3) is 5.91 Å². The number of hydrogen-bond donors (Lipinski definition) is 2. The van der Waals surface area contributed by atoms with Crippen molar-refractivity contribution in [2.75, 3.05) is 11.9 Å². The number of nitrogens with one attached hydrogen (secondary N) is 1. The molecule has 0 saturated heterocycles. The maximum Gasteiger partial charge on any atom is 0.255 e. The van der Waals surface area contributed by atoms with Crippen molar-refractivity contribution in [1.29, 1.82) is 0 Å². The molecule has 6 heteroatoms. The van der Waals surface area contributed by atoms with Gasteiger partial charge in [0.1, 0.15) is 5.75 Å². The maximum absolute atomic E-state index is 10.6. The summed E-state index contributed by atoms with van der Waals surface area (Å²) in [5.41, 5.74) is 7.73. The zero-order valence-corrected chi connectivity index (χ0v) is 10.4. The van der Waals surface area contributed by atoms with Crippen molar-refractivity contribution in [2.24, 2.45) is 5.73 Å². The number of aromatic nitrogens is 1. The number of benzene rings is 1. The number of nitrogens with two attached hydrogens (primary N) is 1. The van der Waals surface area contributed by atoms with Gasteiger partial charge in [0.15, 0.2) is 6.61 Å². The van der Waals surface area contributed by atoms with Gasteiger partial charge in [-0.25, -0.2) is 0 Å². The first kappa shape index (κ1) is 12.4. The molecule has 2 rings (SSSR count). The van der Waals surface area contributed by atoms with Crippen LogP contribution in [-0.2, 0) is 11.3 Å². The van der Waals surface area contributed by atoms with Crippen LogP contribution in [0.1, 0.15) is 4.88 Å². The molecule has 0 fully saturated rings. The molecule has 5 nitrogen and oxygen atoms in total. The van der Waals surface area contributed by atoms with Crippen LogP contribution in [0.5, 0.6) is 5.75 Å². The van der Waals surface area contributed by atoms with E-state index in [-0.39, 0.29) is 6.61 Å². The molecule has 0 atom stereocenters. The molecule has 94 valence electrons. The monoisotopic (exact) mass is 263 g/mol. The average molecular weight is 263 g/mol. The first-order valence-electron chi connectivity index (χ1n) is 5.36. The molecule has 1 aromatic heterocycles. The van der Waals surface area contributed by atoms with E-state index in [1.807, 2.05) is 24.4 Å². The molecule has 1 aromatic carbocycles. The van der Waals surface area contributed by atoms with Crippen molar-refractivity contribution in [3.05, 3.63) is 40.8 Å². The minimum atomic E-state index is -0.488. The van der Waals surface area contributed by atoms with E-state index in [1.54, 1.807) is 22.9 Å². The molecule has 0 spiro atoms. The van der Waals surface area contributed by atoms with Crippen molar-refractivity contribution in [2.45, 2.75) is 6.54 Å². The van der Waals surface area contributed by atoms with Crippen molar-refractivity contribution in [3.63, 3.8) is 0 Å². The number of ether oxygens (including phenoxy) is 1. The van der Waals surface area contributed by atoms with Gasteiger partial charge in [-0.2, -0.15) is 0 Å². The Balaban J connectivity index is 1.92. The van der Waals surface area contributed by atoms with Crippen LogP contribution >= 0.6 is 11.3 Å². The SMILES string of the molecule is NC(=O)COc1cccc(NCc2cncs2)c1. The van der Waals surface area contributed by atoms with E-state index in [1.165, 1.54) is 0 Å². The van der Waals surface area contributed by atoms with Gasteiger partial charge in [-0.1, -0.05) is 6.07 Å². The molecule has 0 aliphatic heterocycles. The molecule has 0 unspecified atom stereocenters. The lowest BCUT2D eigenvalue weighted by Gasteiger charge is -2.08. The first-order chi connectivity index (χ1) is 8.74. The Morgan fingerprint density at radius 2 is 2.39 bits per heavy atom. The van der Waals surface area contributed by atoms with E-state index >= 15 is 0 Å². The molecule has 1 amide bonds. The van der Waals surface area contributed by atoms with Gasteiger partial charge in [0, 0.05) is 22.8 Å². The number of amides is 1. The van der Waals surface area contributed by atoms with Crippen LogP contribution in [0.3, 0.4) is 0 Å². The van der Waals surface area contributed by atoms with Crippen molar-refractivity contribution in [3.8, 4) is 5.75 Å². The molecular formula is C12H13N3O2S. The summed E-state index contributed by atoms with van der Waals surface area (Å²) in [4.78, 5) is 15.8. The molecule has 3 N–H and O–H groups in total. The van der Waals surface area contributed by atoms with Gasteiger partial charge >= 0.3 is 0 Å². The zero-order valence-electron chi connectivity index (χ0n) is 9.63. The molecule has 18 heavy (non-hydrogen) atoms. The van der Waals surface area contributed by atoms with Crippen LogP contribution in [-0.4, -0.2) is 17.5 Å². The Morgan fingerprint density at radius 3 is 3.11 bits per heavy atom. The van der Waals surface area contributed by atoms with Crippen LogP contribution in [0.2, 0.25) is 0 Å². The van der Waals surface area contributed by atoms with Crippen LogP contribution in [0.4, 0.5) is 5.69 Å². The van der Waals surface area contributed by atoms with Gasteiger partial charge in [0.2, 0.25) is 0 Å². The van der Waals surface area contributed by atoms with E-state index in [4.69, 9.17) is 10.5 Å². The number of anilines is 1. The Labute approximate surface area is 109 Å². The lowest BCUT2D eigenvalue weighted by atomic mass is 10.3. The number of carbonyl (C=O) groups excluding carboxylic acids is 1. The van der Waals surface area contributed by atoms with Gasteiger partial charge in [-0.05, 0) is 12.1 Å². The van der Waals surface area contributed by atoms with Crippen LogP contribution in [0, 0.1) is 0 Å². The van der Waals surface area contributed by atoms with E-state index in [9.17, 15) is 4.79 Å². The topological polar surface area (TPSA) is 77.2 Å². The molecule has 1 heterocycles. The number of thiazole rings is 1. The predicted molar refractivity (Wildman–Crippen MR) is 70.6 cm³/mol. The van der Waals surface area contributed by atoms with Crippen LogP contribution in [0.15, 0.2) is 36.0 Å². The largest absolute Gasteiger partial charge is 0.484 e. The highest BCUT2D eigenvalue weighted by Gasteiger charge is 2.00. The zero-order chi connectivity index (χ0) is 12.8. The molecule has 0 saturated carbocycles. The fourth-order valence-electron chi connectivity index (χ4n) is 1.37. The fraction of sp³-hybridized carbons (Fsp3) is 0.167. The minimum Gasteiger partial charge on any atom is -0.484 e. The van der Waals surface area contributed by atoms with Crippen LogP contribution < -0.4 is 15.8 Å².